The van der Waals surface area contributed by atoms with Crippen molar-refractivity contribution in [3.63, 3.8) is 0 Å². The molecular formula is C9H11ClO. The number of alkyl halides is 1. The Bertz CT molecular complexity index is 223. The standard InChI is InChI=1S/C9H11ClO/c1-8-3-2-4-9(5-8)6-11-7-10/h2-5H,6-7H2,1H3. The van der Waals surface area contributed by atoms with E-state index in [9.17, 15) is 0 Å². The molecule has 0 saturated heterocycles. The Morgan fingerprint density at radius 1 is 1.45 bits per heavy atom. The van der Waals surface area contributed by atoms with Crippen LogP contribution in [-0.4, -0.2) is 6.07 Å². The molecule has 0 N–H and O–H groups in total. The molecule has 0 fully saturated rings. The molecule has 0 aliphatic heterocycles. The van der Waals surface area contributed by atoms with E-state index in [1.54, 1.807) is 0 Å². The number of ether oxygens (including phenoxy) is 1. The third-order valence-corrected chi connectivity index (χ3v) is 1.58. The van der Waals surface area contributed by atoms with E-state index in [1.165, 1.54) is 11.1 Å². The topological polar surface area (TPSA) is 9.23 Å². The Balaban J connectivity index is 2.56. The predicted octanol–water partition coefficient (Wildman–Crippen LogP) is 2.71. The SMILES string of the molecule is Cc1cccc(COCCl)c1. The largest absolute Gasteiger partial charge is 0.361 e. The molecule has 1 rings (SSSR count). The lowest BCUT2D eigenvalue weighted by atomic mass is 10.1. The lowest BCUT2D eigenvalue weighted by Gasteiger charge is -2.00. The molecule has 1 aromatic carbocycles. The van der Waals surface area contributed by atoms with E-state index in [-0.39, 0.29) is 6.07 Å². The van der Waals surface area contributed by atoms with E-state index >= 15 is 0 Å². The molecule has 0 aliphatic carbocycles. The highest BCUT2D eigenvalue weighted by atomic mass is 35.5. The maximum Gasteiger partial charge on any atom is 0.121 e. The summed E-state index contributed by atoms with van der Waals surface area (Å²) in [5, 5.41) is 0. The molecular weight excluding hydrogens is 160 g/mol. The van der Waals surface area contributed by atoms with Gasteiger partial charge >= 0.3 is 0 Å². The second kappa shape index (κ2) is 4.37. The molecule has 0 spiro atoms. The van der Waals surface area contributed by atoms with Gasteiger partial charge in [0, 0.05) is 0 Å². The second-order valence-electron chi connectivity index (χ2n) is 2.45. The van der Waals surface area contributed by atoms with Gasteiger partial charge in [0.2, 0.25) is 0 Å². The summed E-state index contributed by atoms with van der Waals surface area (Å²) < 4.78 is 5.04. The van der Waals surface area contributed by atoms with Crippen molar-refractivity contribution < 1.29 is 4.74 Å². The van der Waals surface area contributed by atoms with E-state index < -0.39 is 0 Å². The zero-order valence-electron chi connectivity index (χ0n) is 6.51. The van der Waals surface area contributed by atoms with E-state index in [1.807, 2.05) is 12.1 Å². The van der Waals surface area contributed by atoms with Crippen LogP contribution >= 0.6 is 11.6 Å². The van der Waals surface area contributed by atoms with Gasteiger partial charge in [0.15, 0.2) is 0 Å². The average molecular weight is 171 g/mol. The monoisotopic (exact) mass is 170 g/mol. The van der Waals surface area contributed by atoms with Gasteiger partial charge < -0.3 is 4.74 Å². The lowest BCUT2D eigenvalue weighted by Crippen LogP contribution is -1.89. The van der Waals surface area contributed by atoms with Crippen molar-refractivity contribution >= 4 is 11.6 Å². The smallest absolute Gasteiger partial charge is 0.121 e. The van der Waals surface area contributed by atoms with Gasteiger partial charge in [-0.05, 0) is 12.5 Å². The van der Waals surface area contributed by atoms with E-state index in [0.29, 0.717) is 6.61 Å². The third kappa shape index (κ3) is 2.91. The molecule has 0 atom stereocenters. The molecule has 0 saturated carbocycles. The van der Waals surface area contributed by atoms with Crippen LogP contribution in [0.4, 0.5) is 0 Å². The molecule has 0 bridgehead atoms. The number of aryl methyl sites for hydroxylation is 1. The zero-order valence-corrected chi connectivity index (χ0v) is 7.27. The van der Waals surface area contributed by atoms with Crippen LogP contribution in [0, 0.1) is 6.92 Å². The number of hydrogen-bond acceptors (Lipinski definition) is 1. The number of halogens is 1. The lowest BCUT2D eigenvalue weighted by molar-refractivity contribution is 0.165. The van der Waals surface area contributed by atoms with Gasteiger partial charge in [-0.25, -0.2) is 0 Å². The van der Waals surface area contributed by atoms with E-state index in [4.69, 9.17) is 16.3 Å². The first-order valence-electron chi connectivity index (χ1n) is 3.52. The summed E-state index contributed by atoms with van der Waals surface area (Å²) in [5.74, 6) is 0. The summed E-state index contributed by atoms with van der Waals surface area (Å²) in [5.41, 5.74) is 2.42. The van der Waals surface area contributed by atoms with Crippen molar-refractivity contribution in [3.8, 4) is 0 Å². The molecule has 0 radical (unpaired) electrons. The molecule has 1 aromatic rings. The molecule has 1 nitrogen and oxygen atoms in total. The minimum absolute atomic E-state index is 0.258. The second-order valence-corrected chi connectivity index (χ2v) is 2.66. The summed E-state index contributed by atoms with van der Waals surface area (Å²) in [6.45, 7) is 2.66. The molecule has 0 heterocycles. The number of benzene rings is 1. The summed E-state index contributed by atoms with van der Waals surface area (Å²) in [4.78, 5) is 0. The van der Waals surface area contributed by atoms with Gasteiger partial charge in [0.25, 0.3) is 0 Å². The fourth-order valence-corrected chi connectivity index (χ4v) is 1.04. The van der Waals surface area contributed by atoms with Crippen LogP contribution in [0.25, 0.3) is 0 Å². The van der Waals surface area contributed by atoms with Crippen molar-refractivity contribution in [1.82, 2.24) is 0 Å². The summed E-state index contributed by atoms with van der Waals surface area (Å²) in [7, 11) is 0. The maximum atomic E-state index is 5.37. The van der Waals surface area contributed by atoms with Gasteiger partial charge in [-0.1, -0.05) is 41.4 Å². The molecule has 2 heteroatoms. The molecule has 11 heavy (non-hydrogen) atoms. The Hall–Kier alpha value is -0.530. The highest BCUT2D eigenvalue weighted by Crippen LogP contribution is 2.05. The fourth-order valence-electron chi connectivity index (χ4n) is 0.958. The highest BCUT2D eigenvalue weighted by molar-refractivity contribution is 6.17. The van der Waals surface area contributed by atoms with Gasteiger partial charge in [-0.15, -0.1) is 0 Å². The average Bonchev–Trinajstić information content (AvgIpc) is 2.01. The van der Waals surface area contributed by atoms with E-state index in [2.05, 4.69) is 19.1 Å². The minimum atomic E-state index is 0.258. The number of rotatable bonds is 3. The van der Waals surface area contributed by atoms with Gasteiger partial charge in [-0.2, -0.15) is 0 Å². The van der Waals surface area contributed by atoms with Gasteiger partial charge in [0.05, 0.1) is 6.61 Å². The Morgan fingerprint density at radius 3 is 2.91 bits per heavy atom. The van der Waals surface area contributed by atoms with Gasteiger partial charge in [-0.3, -0.25) is 0 Å². The Labute approximate surface area is 71.9 Å². The van der Waals surface area contributed by atoms with Gasteiger partial charge in [0.1, 0.15) is 6.07 Å². The van der Waals surface area contributed by atoms with Crippen LogP contribution in [0.5, 0.6) is 0 Å². The maximum absolute atomic E-state index is 5.37. The predicted molar refractivity (Wildman–Crippen MR) is 46.7 cm³/mol. The van der Waals surface area contributed by atoms with Crippen molar-refractivity contribution in [2.24, 2.45) is 0 Å². The van der Waals surface area contributed by atoms with Crippen LogP contribution in [0.15, 0.2) is 24.3 Å². The summed E-state index contributed by atoms with van der Waals surface area (Å²) in [6, 6.07) is 8.45. The molecule has 60 valence electrons. The fraction of sp³-hybridized carbons (Fsp3) is 0.333. The molecule has 0 unspecified atom stereocenters. The molecule has 0 aliphatic rings. The van der Waals surface area contributed by atoms with Crippen molar-refractivity contribution in [2.45, 2.75) is 13.5 Å². The third-order valence-electron chi connectivity index (χ3n) is 1.43. The minimum Gasteiger partial charge on any atom is -0.361 e. The van der Waals surface area contributed by atoms with E-state index in [0.717, 1.165) is 0 Å². The summed E-state index contributed by atoms with van der Waals surface area (Å²) >= 11 is 5.37. The first-order chi connectivity index (χ1) is 5.33. The first kappa shape index (κ1) is 8.57. The zero-order chi connectivity index (χ0) is 8.10. The van der Waals surface area contributed by atoms with Crippen LogP contribution in [0.1, 0.15) is 11.1 Å². The molecule has 0 aromatic heterocycles. The summed E-state index contributed by atoms with van der Waals surface area (Å²) in [6.07, 6.45) is 0. The Kier molecular flexibility index (Phi) is 3.40. The molecule has 0 amide bonds. The highest BCUT2D eigenvalue weighted by Gasteiger charge is 1.91. The van der Waals surface area contributed by atoms with Crippen molar-refractivity contribution in [1.29, 1.82) is 0 Å². The Morgan fingerprint density at radius 2 is 2.27 bits per heavy atom. The normalized spacial score (nSPS) is 10.0. The van der Waals surface area contributed by atoms with Crippen LogP contribution in [0.2, 0.25) is 0 Å². The van der Waals surface area contributed by atoms with Crippen molar-refractivity contribution in [2.75, 3.05) is 6.07 Å². The quantitative estimate of drug-likeness (QED) is 0.634. The first-order valence-corrected chi connectivity index (χ1v) is 4.05. The number of hydrogen-bond donors (Lipinski definition) is 0. The van der Waals surface area contributed by atoms with Crippen LogP contribution in [-0.2, 0) is 11.3 Å². The van der Waals surface area contributed by atoms with Crippen LogP contribution in [0.3, 0.4) is 0 Å². The van der Waals surface area contributed by atoms with Crippen molar-refractivity contribution in [3.05, 3.63) is 35.4 Å². The van der Waals surface area contributed by atoms with Crippen LogP contribution < -0.4 is 0 Å².